The van der Waals surface area contributed by atoms with Crippen LogP contribution in [-0.4, -0.2) is 25.6 Å². The SMILES string of the molecule is C=CCc1cc(/C=C/C(=O)c2ccc(OCC)cc2)c(OCC)cc1OCC. The van der Waals surface area contributed by atoms with Crippen LogP contribution in [0.15, 0.2) is 55.1 Å². The molecule has 0 N–H and O–H groups in total. The van der Waals surface area contributed by atoms with Crippen LogP contribution in [0, 0.1) is 0 Å². The van der Waals surface area contributed by atoms with E-state index in [2.05, 4.69) is 6.58 Å². The number of hydrogen-bond acceptors (Lipinski definition) is 4. The lowest BCUT2D eigenvalue weighted by molar-refractivity contribution is 0.104. The average molecular weight is 380 g/mol. The van der Waals surface area contributed by atoms with E-state index in [1.807, 2.05) is 39.0 Å². The van der Waals surface area contributed by atoms with E-state index >= 15 is 0 Å². The second kappa shape index (κ2) is 11.0. The van der Waals surface area contributed by atoms with Crippen molar-refractivity contribution in [1.82, 2.24) is 0 Å². The Hall–Kier alpha value is -3.01. The van der Waals surface area contributed by atoms with Gasteiger partial charge in [0.15, 0.2) is 5.78 Å². The molecule has 0 bridgehead atoms. The van der Waals surface area contributed by atoms with Crippen LogP contribution in [0.2, 0.25) is 0 Å². The first-order valence-electron chi connectivity index (χ1n) is 9.61. The Morgan fingerprint density at radius 2 is 1.57 bits per heavy atom. The molecule has 0 amide bonds. The van der Waals surface area contributed by atoms with Gasteiger partial charge in [-0.25, -0.2) is 0 Å². The van der Waals surface area contributed by atoms with E-state index in [9.17, 15) is 4.79 Å². The quantitative estimate of drug-likeness (QED) is 0.293. The minimum absolute atomic E-state index is 0.0790. The minimum Gasteiger partial charge on any atom is -0.494 e. The Kier molecular flexibility index (Phi) is 8.35. The zero-order chi connectivity index (χ0) is 20.4. The van der Waals surface area contributed by atoms with Crippen molar-refractivity contribution in [2.24, 2.45) is 0 Å². The minimum atomic E-state index is -0.0790. The molecule has 0 radical (unpaired) electrons. The number of ketones is 1. The predicted octanol–water partition coefficient (Wildman–Crippen LogP) is 5.51. The van der Waals surface area contributed by atoms with E-state index < -0.39 is 0 Å². The van der Waals surface area contributed by atoms with Crippen molar-refractivity contribution in [3.63, 3.8) is 0 Å². The third-order valence-electron chi connectivity index (χ3n) is 4.02. The number of carbonyl (C=O) groups is 1. The van der Waals surface area contributed by atoms with Gasteiger partial charge in [-0.2, -0.15) is 0 Å². The molecule has 2 aromatic rings. The molecule has 2 aromatic carbocycles. The van der Waals surface area contributed by atoms with Crippen LogP contribution in [0.25, 0.3) is 6.08 Å². The van der Waals surface area contributed by atoms with Crippen LogP contribution in [-0.2, 0) is 6.42 Å². The maximum atomic E-state index is 12.5. The topological polar surface area (TPSA) is 44.8 Å². The molecule has 0 aromatic heterocycles. The van der Waals surface area contributed by atoms with Crippen LogP contribution in [0.1, 0.15) is 42.3 Å². The predicted molar refractivity (Wildman–Crippen MR) is 114 cm³/mol. The van der Waals surface area contributed by atoms with E-state index in [-0.39, 0.29) is 5.78 Å². The first kappa shape index (κ1) is 21.3. The number of ether oxygens (including phenoxy) is 3. The van der Waals surface area contributed by atoms with E-state index in [1.165, 1.54) is 0 Å². The van der Waals surface area contributed by atoms with Gasteiger partial charge in [-0.05, 0) is 75.2 Å². The number of benzene rings is 2. The Balaban J connectivity index is 2.29. The Morgan fingerprint density at radius 1 is 0.929 bits per heavy atom. The molecule has 0 aliphatic heterocycles. The molecule has 4 heteroatoms. The highest BCUT2D eigenvalue weighted by atomic mass is 16.5. The summed E-state index contributed by atoms with van der Waals surface area (Å²) in [6.07, 6.45) is 5.85. The molecule has 0 aliphatic rings. The highest BCUT2D eigenvalue weighted by Gasteiger charge is 2.11. The Morgan fingerprint density at radius 3 is 2.18 bits per heavy atom. The summed E-state index contributed by atoms with van der Waals surface area (Å²) in [5.41, 5.74) is 2.45. The lowest BCUT2D eigenvalue weighted by atomic mass is 10.0. The first-order chi connectivity index (χ1) is 13.6. The van der Waals surface area contributed by atoms with E-state index in [0.29, 0.717) is 37.6 Å². The van der Waals surface area contributed by atoms with Crippen LogP contribution >= 0.6 is 0 Å². The molecule has 2 rings (SSSR count). The van der Waals surface area contributed by atoms with Crippen LogP contribution in [0.5, 0.6) is 17.2 Å². The fraction of sp³-hybridized carbons (Fsp3) is 0.292. The van der Waals surface area contributed by atoms with Gasteiger partial charge in [0.25, 0.3) is 0 Å². The molecular weight excluding hydrogens is 352 g/mol. The molecule has 0 spiro atoms. The molecular formula is C24H28O4. The molecule has 0 aliphatic carbocycles. The highest BCUT2D eigenvalue weighted by Crippen LogP contribution is 2.31. The highest BCUT2D eigenvalue weighted by molar-refractivity contribution is 6.07. The third-order valence-corrected chi connectivity index (χ3v) is 4.02. The van der Waals surface area contributed by atoms with Gasteiger partial charge in [-0.1, -0.05) is 6.08 Å². The fourth-order valence-corrected chi connectivity index (χ4v) is 2.78. The summed E-state index contributed by atoms with van der Waals surface area (Å²) in [5.74, 6) is 2.14. The molecule has 0 heterocycles. The number of hydrogen-bond donors (Lipinski definition) is 0. The standard InChI is InChI=1S/C24H28O4/c1-5-9-19-16-20(24(28-8-4)17-23(19)27-7-3)12-15-22(25)18-10-13-21(14-11-18)26-6-2/h5,10-17H,1,6-9H2,2-4H3/b15-12+. The number of rotatable bonds is 11. The lowest BCUT2D eigenvalue weighted by Gasteiger charge is -2.14. The van der Waals surface area contributed by atoms with Gasteiger partial charge in [-0.3, -0.25) is 4.79 Å². The summed E-state index contributed by atoms with van der Waals surface area (Å²) in [7, 11) is 0. The first-order valence-corrected chi connectivity index (χ1v) is 9.61. The second-order valence-corrected chi connectivity index (χ2v) is 6.01. The zero-order valence-corrected chi connectivity index (χ0v) is 16.9. The largest absolute Gasteiger partial charge is 0.494 e. The van der Waals surface area contributed by atoms with Gasteiger partial charge in [0.2, 0.25) is 0 Å². The maximum Gasteiger partial charge on any atom is 0.185 e. The fourth-order valence-electron chi connectivity index (χ4n) is 2.78. The van der Waals surface area contributed by atoms with Gasteiger partial charge in [0.1, 0.15) is 17.2 Å². The third kappa shape index (κ3) is 5.74. The van der Waals surface area contributed by atoms with E-state index in [0.717, 1.165) is 22.6 Å². The van der Waals surface area contributed by atoms with Crippen molar-refractivity contribution >= 4 is 11.9 Å². The lowest BCUT2D eigenvalue weighted by Crippen LogP contribution is -2.01. The normalized spacial score (nSPS) is 10.7. The van der Waals surface area contributed by atoms with Crippen LogP contribution in [0.3, 0.4) is 0 Å². The summed E-state index contributed by atoms with van der Waals surface area (Å²) < 4.78 is 16.9. The van der Waals surface area contributed by atoms with Crippen LogP contribution in [0.4, 0.5) is 0 Å². The summed E-state index contributed by atoms with van der Waals surface area (Å²) in [4.78, 5) is 12.5. The molecule has 148 valence electrons. The summed E-state index contributed by atoms with van der Waals surface area (Å²) in [5, 5.41) is 0. The van der Waals surface area contributed by atoms with Gasteiger partial charge in [0.05, 0.1) is 19.8 Å². The van der Waals surface area contributed by atoms with Gasteiger partial charge in [-0.15, -0.1) is 6.58 Å². The zero-order valence-electron chi connectivity index (χ0n) is 16.9. The molecule has 0 atom stereocenters. The maximum absolute atomic E-state index is 12.5. The van der Waals surface area contributed by atoms with Crippen molar-refractivity contribution in [2.45, 2.75) is 27.2 Å². The number of carbonyl (C=O) groups excluding carboxylic acids is 1. The summed E-state index contributed by atoms with van der Waals surface area (Å²) in [6, 6.07) is 11.0. The van der Waals surface area contributed by atoms with Gasteiger partial charge in [0, 0.05) is 17.2 Å². The summed E-state index contributed by atoms with van der Waals surface area (Å²) >= 11 is 0. The molecule has 0 saturated heterocycles. The Bertz CT molecular complexity index is 819. The van der Waals surface area contributed by atoms with Crippen molar-refractivity contribution in [3.05, 3.63) is 71.8 Å². The molecule has 0 saturated carbocycles. The van der Waals surface area contributed by atoms with Crippen molar-refractivity contribution in [1.29, 1.82) is 0 Å². The van der Waals surface area contributed by atoms with Crippen molar-refractivity contribution in [3.8, 4) is 17.2 Å². The van der Waals surface area contributed by atoms with E-state index in [4.69, 9.17) is 14.2 Å². The van der Waals surface area contributed by atoms with Crippen molar-refractivity contribution in [2.75, 3.05) is 19.8 Å². The average Bonchev–Trinajstić information content (AvgIpc) is 2.70. The smallest absolute Gasteiger partial charge is 0.185 e. The van der Waals surface area contributed by atoms with Gasteiger partial charge >= 0.3 is 0 Å². The summed E-state index contributed by atoms with van der Waals surface area (Å²) in [6.45, 7) is 11.3. The second-order valence-electron chi connectivity index (χ2n) is 6.01. The van der Waals surface area contributed by atoms with E-state index in [1.54, 1.807) is 36.4 Å². The molecule has 28 heavy (non-hydrogen) atoms. The molecule has 0 unspecified atom stereocenters. The Labute approximate surface area is 167 Å². The monoisotopic (exact) mass is 380 g/mol. The molecule has 4 nitrogen and oxygen atoms in total. The van der Waals surface area contributed by atoms with Gasteiger partial charge < -0.3 is 14.2 Å². The number of allylic oxidation sites excluding steroid dienone is 2. The molecule has 0 fully saturated rings. The van der Waals surface area contributed by atoms with Crippen molar-refractivity contribution < 1.29 is 19.0 Å². The van der Waals surface area contributed by atoms with Crippen LogP contribution < -0.4 is 14.2 Å².